The van der Waals surface area contributed by atoms with Gasteiger partial charge < -0.3 is 0 Å². The zero-order chi connectivity index (χ0) is 10.7. The molecule has 80 valence electrons. The van der Waals surface area contributed by atoms with E-state index in [1.165, 1.54) is 5.56 Å². The van der Waals surface area contributed by atoms with Crippen molar-refractivity contribution in [1.82, 2.24) is 4.98 Å². The second-order valence-electron chi connectivity index (χ2n) is 4.60. The monoisotopic (exact) mass is 203 g/mol. The molecule has 0 saturated heterocycles. The van der Waals surface area contributed by atoms with Gasteiger partial charge in [0.25, 0.3) is 0 Å². The maximum atomic E-state index is 11.7. The average Bonchev–Trinajstić information content (AvgIpc) is 2.25. The third-order valence-electron chi connectivity index (χ3n) is 3.26. The Morgan fingerprint density at radius 2 is 2.13 bits per heavy atom. The molecule has 2 rings (SSSR count). The number of ketones is 1. The highest BCUT2D eigenvalue weighted by molar-refractivity contribution is 5.82. The van der Waals surface area contributed by atoms with Crippen molar-refractivity contribution >= 4 is 5.78 Å². The fraction of sp³-hybridized carbons (Fsp3) is 0.538. The van der Waals surface area contributed by atoms with Gasteiger partial charge in [-0.3, -0.25) is 9.78 Å². The van der Waals surface area contributed by atoms with Crippen LogP contribution in [0.5, 0.6) is 0 Å². The van der Waals surface area contributed by atoms with E-state index in [0.29, 0.717) is 11.7 Å². The van der Waals surface area contributed by atoms with Gasteiger partial charge in [-0.2, -0.15) is 0 Å². The topological polar surface area (TPSA) is 30.0 Å². The van der Waals surface area contributed by atoms with E-state index in [4.69, 9.17) is 0 Å². The smallest absolute Gasteiger partial charge is 0.136 e. The zero-order valence-corrected chi connectivity index (χ0v) is 9.15. The van der Waals surface area contributed by atoms with E-state index >= 15 is 0 Å². The maximum Gasteiger partial charge on any atom is 0.136 e. The number of pyridine rings is 1. The van der Waals surface area contributed by atoms with E-state index in [1.807, 2.05) is 12.1 Å². The molecule has 2 heteroatoms. The maximum absolute atomic E-state index is 11.7. The second-order valence-corrected chi connectivity index (χ2v) is 4.60. The van der Waals surface area contributed by atoms with Crippen LogP contribution in [0.3, 0.4) is 0 Å². The van der Waals surface area contributed by atoms with Gasteiger partial charge in [-0.05, 0) is 42.9 Å². The molecule has 2 nitrogen and oxygen atoms in total. The molecule has 1 aromatic heterocycles. The molecule has 1 fully saturated rings. The van der Waals surface area contributed by atoms with Crippen LogP contribution in [-0.2, 0) is 11.2 Å². The molecule has 0 amide bonds. The first-order valence-corrected chi connectivity index (χ1v) is 5.67. The number of hydrogen-bond donors (Lipinski definition) is 0. The van der Waals surface area contributed by atoms with Crippen molar-refractivity contribution in [3.8, 4) is 0 Å². The van der Waals surface area contributed by atoms with Crippen molar-refractivity contribution < 1.29 is 4.79 Å². The first-order valence-electron chi connectivity index (χ1n) is 5.67. The molecule has 1 aliphatic carbocycles. The SMILES string of the molecule is C[C@@H]1CCC(=O)[C@@H](Cc2ccncc2)C1. The molecule has 1 aromatic rings. The van der Waals surface area contributed by atoms with Gasteiger partial charge in [0, 0.05) is 24.7 Å². The summed E-state index contributed by atoms with van der Waals surface area (Å²) in [5.74, 6) is 1.40. The van der Waals surface area contributed by atoms with Crippen LogP contribution in [-0.4, -0.2) is 10.8 Å². The van der Waals surface area contributed by atoms with E-state index in [2.05, 4.69) is 11.9 Å². The van der Waals surface area contributed by atoms with Gasteiger partial charge in [0.15, 0.2) is 0 Å². The summed E-state index contributed by atoms with van der Waals surface area (Å²) in [6, 6.07) is 4.01. The normalized spacial score (nSPS) is 26.6. The number of carbonyl (C=O) groups excluding carboxylic acids is 1. The summed E-state index contributed by atoms with van der Waals surface area (Å²) < 4.78 is 0. The third-order valence-corrected chi connectivity index (χ3v) is 3.26. The van der Waals surface area contributed by atoms with Crippen LogP contribution in [0.4, 0.5) is 0 Å². The van der Waals surface area contributed by atoms with Crippen LogP contribution in [0.2, 0.25) is 0 Å². The molecule has 0 radical (unpaired) electrons. The molecule has 0 unspecified atom stereocenters. The predicted molar refractivity (Wildman–Crippen MR) is 59.5 cm³/mol. The summed E-state index contributed by atoms with van der Waals surface area (Å²) in [5.41, 5.74) is 1.23. The summed E-state index contributed by atoms with van der Waals surface area (Å²) in [7, 11) is 0. The van der Waals surface area contributed by atoms with Crippen molar-refractivity contribution in [2.75, 3.05) is 0 Å². The van der Waals surface area contributed by atoms with Crippen LogP contribution in [0.25, 0.3) is 0 Å². The van der Waals surface area contributed by atoms with Crippen LogP contribution in [0.15, 0.2) is 24.5 Å². The Labute approximate surface area is 90.7 Å². The molecule has 1 aliphatic rings. The molecule has 1 heterocycles. The van der Waals surface area contributed by atoms with E-state index in [9.17, 15) is 4.79 Å². The van der Waals surface area contributed by atoms with Gasteiger partial charge in [-0.1, -0.05) is 6.92 Å². The van der Waals surface area contributed by atoms with Crippen molar-refractivity contribution in [2.45, 2.75) is 32.6 Å². The van der Waals surface area contributed by atoms with E-state index in [0.717, 1.165) is 25.7 Å². The first-order chi connectivity index (χ1) is 7.25. The molecule has 0 spiro atoms. The molecule has 1 saturated carbocycles. The minimum Gasteiger partial charge on any atom is -0.299 e. The Morgan fingerprint density at radius 3 is 2.87 bits per heavy atom. The lowest BCUT2D eigenvalue weighted by molar-refractivity contribution is -0.125. The van der Waals surface area contributed by atoms with Crippen molar-refractivity contribution in [2.24, 2.45) is 11.8 Å². The molecule has 0 aliphatic heterocycles. The molecule has 0 N–H and O–H groups in total. The van der Waals surface area contributed by atoms with Crippen molar-refractivity contribution in [1.29, 1.82) is 0 Å². The number of carbonyl (C=O) groups is 1. The van der Waals surface area contributed by atoms with Crippen molar-refractivity contribution in [3.63, 3.8) is 0 Å². The molecular formula is C13H17NO. The van der Waals surface area contributed by atoms with Crippen LogP contribution in [0, 0.1) is 11.8 Å². The number of nitrogens with zero attached hydrogens (tertiary/aromatic N) is 1. The number of aromatic nitrogens is 1. The fourth-order valence-electron chi connectivity index (χ4n) is 2.33. The summed E-state index contributed by atoms with van der Waals surface area (Å²) in [6.45, 7) is 2.24. The molecule has 2 atom stereocenters. The van der Waals surface area contributed by atoms with Gasteiger partial charge in [0.2, 0.25) is 0 Å². The minimum absolute atomic E-state index is 0.246. The summed E-state index contributed by atoms with van der Waals surface area (Å²) in [4.78, 5) is 15.7. The lowest BCUT2D eigenvalue weighted by Gasteiger charge is -2.25. The van der Waals surface area contributed by atoms with Gasteiger partial charge in [-0.25, -0.2) is 0 Å². The summed E-state index contributed by atoms with van der Waals surface area (Å²) in [6.07, 6.45) is 7.40. The Hall–Kier alpha value is -1.18. The van der Waals surface area contributed by atoms with Crippen LogP contribution >= 0.6 is 0 Å². The summed E-state index contributed by atoms with van der Waals surface area (Å²) >= 11 is 0. The second kappa shape index (κ2) is 4.56. The highest BCUT2D eigenvalue weighted by Crippen LogP contribution is 2.28. The Morgan fingerprint density at radius 1 is 1.40 bits per heavy atom. The highest BCUT2D eigenvalue weighted by Gasteiger charge is 2.26. The lowest BCUT2D eigenvalue weighted by Crippen LogP contribution is -2.25. The van der Waals surface area contributed by atoms with E-state index in [1.54, 1.807) is 12.4 Å². The first kappa shape index (κ1) is 10.3. The van der Waals surface area contributed by atoms with Gasteiger partial charge in [0.1, 0.15) is 5.78 Å². The quantitative estimate of drug-likeness (QED) is 0.739. The van der Waals surface area contributed by atoms with Gasteiger partial charge in [-0.15, -0.1) is 0 Å². The molecule has 15 heavy (non-hydrogen) atoms. The van der Waals surface area contributed by atoms with E-state index in [-0.39, 0.29) is 5.92 Å². The standard InChI is InChI=1S/C13H17NO/c1-10-2-3-13(15)12(8-10)9-11-4-6-14-7-5-11/h4-7,10,12H,2-3,8-9H2,1H3/t10-,12-/m1/s1. The number of rotatable bonds is 2. The average molecular weight is 203 g/mol. The largest absolute Gasteiger partial charge is 0.299 e. The Kier molecular flexibility index (Phi) is 3.14. The number of Topliss-reactive ketones (excluding diaryl/α,β-unsaturated/α-hetero) is 1. The zero-order valence-electron chi connectivity index (χ0n) is 9.15. The lowest BCUT2D eigenvalue weighted by atomic mass is 9.79. The third kappa shape index (κ3) is 2.65. The van der Waals surface area contributed by atoms with E-state index < -0.39 is 0 Å². The number of hydrogen-bond acceptors (Lipinski definition) is 2. The Bertz CT molecular complexity index is 334. The van der Waals surface area contributed by atoms with Gasteiger partial charge >= 0.3 is 0 Å². The minimum atomic E-state index is 0.246. The van der Waals surface area contributed by atoms with Crippen LogP contribution in [0.1, 0.15) is 31.7 Å². The van der Waals surface area contributed by atoms with Crippen molar-refractivity contribution in [3.05, 3.63) is 30.1 Å². The van der Waals surface area contributed by atoms with Crippen LogP contribution < -0.4 is 0 Å². The predicted octanol–water partition coefficient (Wildman–Crippen LogP) is 2.63. The fourth-order valence-corrected chi connectivity index (χ4v) is 2.33. The molecule has 0 bridgehead atoms. The molecular weight excluding hydrogens is 186 g/mol. The Balaban J connectivity index is 2.01. The highest BCUT2D eigenvalue weighted by atomic mass is 16.1. The molecule has 0 aromatic carbocycles. The summed E-state index contributed by atoms with van der Waals surface area (Å²) in [5, 5.41) is 0. The van der Waals surface area contributed by atoms with Gasteiger partial charge in [0.05, 0.1) is 0 Å².